The molecule has 0 N–H and O–H groups in total. The third kappa shape index (κ3) is 4.90. The molecule has 3 aliphatic rings. The molecular weight excluding hydrogens is 438 g/mol. The molecule has 1 unspecified atom stereocenters. The lowest BCUT2D eigenvalue weighted by molar-refractivity contribution is -0.143. The predicted molar refractivity (Wildman–Crippen MR) is 104 cm³/mol. The summed E-state index contributed by atoms with van der Waals surface area (Å²) in [6.07, 6.45) is -7.65. The number of hydrogen-bond acceptors (Lipinski definition) is 3. The second kappa shape index (κ2) is 8.52. The van der Waals surface area contributed by atoms with Crippen molar-refractivity contribution in [3.63, 3.8) is 0 Å². The third-order valence-corrected chi connectivity index (χ3v) is 6.72. The zero-order chi connectivity index (χ0) is 23.3. The van der Waals surface area contributed by atoms with Gasteiger partial charge in [-0.1, -0.05) is 0 Å². The van der Waals surface area contributed by atoms with Crippen molar-refractivity contribution in [3.05, 3.63) is 34.9 Å². The van der Waals surface area contributed by atoms with Crippen molar-refractivity contribution < 1.29 is 35.9 Å². The fraction of sp³-hybridized carbons (Fsp3) is 0.682. The number of carbonyl (C=O) groups is 1. The number of amides is 1. The van der Waals surface area contributed by atoms with Crippen LogP contribution < -0.4 is 0 Å². The van der Waals surface area contributed by atoms with Crippen LogP contribution in [0.15, 0.2) is 18.2 Å². The van der Waals surface area contributed by atoms with Gasteiger partial charge in [-0.05, 0) is 69.5 Å². The largest absolute Gasteiger partial charge is 0.416 e. The number of halogens is 6. The summed E-state index contributed by atoms with van der Waals surface area (Å²) in [5, 5.41) is 0. The summed E-state index contributed by atoms with van der Waals surface area (Å²) in [4.78, 5) is 16.8. The number of fused-ring (bicyclic) bond motifs is 1. The van der Waals surface area contributed by atoms with E-state index in [4.69, 9.17) is 4.74 Å². The second-order valence-electron chi connectivity index (χ2n) is 9.06. The van der Waals surface area contributed by atoms with Crippen molar-refractivity contribution in [2.24, 2.45) is 5.92 Å². The van der Waals surface area contributed by atoms with Gasteiger partial charge < -0.3 is 14.5 Å². The van der Waals surface area contributed by atoms with Gasteiger partial charge in [0.05, 0.1) is 29.3 Å². The van der Waals surface area contributed by atoms with E-state index in [1.807, 2.05) is 0 Å². The van der Waals surface area contributed by atoms with E-state index in [2.05, 4.69) is 4.90 Å². The lowest BCUT2D eigenvalue weighted by Crippen LogP contribution is -2.35. The van der Waals surface area contributed by atoms with Gasteiger partial charge in [0.2, 0.25) is 5.91 Å². The van der Waals surface area contributed by atoms with Gasteiger partial charge in [0.25, 0.3) is 0 Å². The topological polar surface area (TPSA) is 32.8 Å². The van der Waals surface area contributed by atoms with Crippen molar-refractivity contribution in [2.75, 3.05) is 26.2 Å². The number of likely N-dealkylation sites (tertiary alicyclic amines) is 1. The summed E-state index contributed by atoms with van der Waals surface area (Å²) in [5.74, 6) is 0.0216. The smallest absolute Gasteiger partial charge is 0.369 e. The van der Waals surface area contributed by atoms with Gasteiger partial charge in [-0.15, -0.1) is 0 Å². The summed E-state index contributed by atoms with van der Waals surface area (Å²) in [7, 11) is 0. The van der Waals surface area contributed by atoms with E-state index in [1.165, 1.54) is 6.92 Å². The van der Waals surface area contributed by atoms with E-state index in [1.54, 1.807) is 4.90 Å². The minimum absolute atomic E-state index is 0.0135. The zero-order valence-electron chi connectivity index (χ0n) is 17.7. The molecule has 178 valence electrons. The van der Waals surface area contributed by atoms with Gasteiger partial charge in [-0.2, -0.15) is 26.3 Å². The van der Waals surface area contributed by atoms with Crippen LogP contribution in [0.5, 0.6) is 0 Å². The van der Waals surface area contributed by atoms with Gasteiger partial charge in [0, 0.05) is 19.1 Å². The monoisotopic (exact) mass is 464 g/mol. The molecular formula is C22H26F6N2O2. The van der Waals surface area contributed by atoms with E-state index in [9.17, 15) is 31.1 Å². The summed E-state index contributed by atoms with van der Waals surface area (Å²) in [6.45, 7) is 4.52. The third-order valence-electron chi connectivity index (χ3n) is 6.72. The molecule has 0 saturated carbocycles. The molecule has 3 fully saturated rings. The van der Waals surface area contributed by atoms with Crippen LogP contribution in [0.25, 0.3) is 0 Å². The minimum Gasteiger partial charge on any atom is -0.369 e. The number of rotatable bonds is 5. The molecule has 10 heteroatoms. The number of hydrogen-bond donors (Lipinski definition) is 0. The molecule has 4 nitrogen and oxygen atoms in total. The van der Waals surface area contributed by atoms with Crippen LogP contribution in [0.2, 0.25) is 0 Å². The lowest BCUT2D eigenvalue weighted by Gasteiger charge is -2.23. The molecule has 0 aromatic heterocycles. The number of alkyl halides is 6. The van der Waals surface area contributed by atoms with E-state index in [0.717, 1.165) is 32.5 Å². The maximum absolute atomic E-state index is 13.1. The summed E-state index contributed by atoms with van der Waals surface area (Å²) < 4.78 is 84.6. The minimum atomic E-state index is -4.90. The van der Waals surface area contributed by atoms with E-state index < -0.39 is 35.7 Å². The predicted octanol–water partition coefficient (Wildman–Crippen LogP) is 4.89. The van der Waals surface area contributed by atoms with Crippen molar-refractivity contribution in [1.82, 2.24) is 9.80 Å². The first-order valence-electron chi connectivity index (χ1n) is 10.9. The van der Waals surface area contributed by atoms with Gasteiger partial charge in [-0.3, -0.25) is 4.79 Å². The molecule has 1 aromatic carbocycles. The fourth-order valence-corrected chi connectivity index (χ4v) is 5.14. The van der Waals surface area contributed by atoms with Crippen molar-refractivity contribution in [1.29, 1.82) is 0 Å². The van der Waals surface area contributed by atoms with E-state index >= 15 is 0 Å². The Morgan fingerprint density at radius 1 is 1.00 bits per heavy atom. The second-order valence-corrected chi connectivity index (χ2v) is 9.06. The van der Waals surface area contributed by atoms with Gasteiger partial charge in [-0.25, -0.2) is 0 Å². The number of ether oxygens (including phenoxy) is 1. The Labute approximate surface area is 182 Å². The lowest BCUT2D eigenvalue weighted by atomic mass is 10.0. The standard InChI is InChI=1S/C22H26F6N2O2/c1-13(14-6-16(21(23,24)25)9-17(7-14)22(26,27)28)32-19-10-18-8-15(20(31)30(18)12-19)11-29-4-2-3-5-29/h6-7,9,13,15,18-19H,2-5,8,10-12H2,1H3/t13-,15?,18+,19-/m1/s1. The summed E-state index contributed by atoms with van der Waals surface area (Å²) in [5.41, 5.74) is -2.90. The average molecular weight is 464 g/mol. The van der Waals surface area contributed by atoms with Crippen LogP contribution in [0.3, 0.4) is 0 Å². The fourth-order valence-electron chi connectivity index (χ4n) is 5.14. The van der Waals surface area contributed by atoms with Crippen LogP contribution in [0.1, 0.15) is 55.4 Å². The van der Waals surface area contributed by atoms with E-state index in [0.29, 0.717) is 31.5 Å². The van der Waals surface area contributed by atoms with Crippen LogP contribution >= 0.6 is 0 Å². The van der Waals surface area contributed by atoms with Crippen LogP contribution in [0.4, 0.5) is 26.3 Å². The molecule has 0 spiro atoms. The maximum atomic E-state index is 13.1. The average Bonchev–Trinajstić information content (AvgIpc) is 3.40. The molecule has 0 radical (unpaired) electrons. The molecule has 0 bridgehead atoms. The number of benzene rings is 1. The molecule has 0 aliphatic carbocycles. The Balaban J connectivity index is 1.41. The maximum Gasteiger partial charge on any atom is 0.416 e. The molecule has 3 heterocycles. The van der Waals surface area contributed by atoms with Crippen molar-refractivity contribution in [3.8, 4) is 0 Å². The van der Waals surface area contributed by atoms with Crippen molar-refractivity contribution in [2.45, 2.75) is 63.2 Å². The Hall–Kier alpha value is -1.81. The SMILES string of the molecule is C[C@@H](O[C@@H]1C[C@@H]2CC(CN3CCCC3)C(=O)N2C1)c1cc(C(F)(F)F)cc(C(F)(F)F)c1. The summed E-state index contributed by atoms with van der Waals surface area (Å²) in [6, 6.07) is 1.53. The molecule has 1 aromatic rings. The van der Waals surface area contributed by atoms with Gasteiger partial charge >= 0.3 is 12.4 Å². The zero-order valence-corrected chi connectivity index (χ0v) is 17.7. The normalized spacial score (nSPS) is 27.9. The Morgan fingerprint density at radius 2 is 1.59 bits per heavy atom. The molecule has 4 atom stereocenters. The van der Waals surface area contributed by atoms with Crippen LogP contribution in [0, 0.1) is 5.92 Å². The number of carbonyl (C=O) groups excluding carboxylic acids is 1. The van der Waals surface area contributed by atoms with E-state index in [-0.39, 0.29) is 29.5 Å². The molecule has 4 rings (SSSR count). The van der Waals surface area contributed by atoms with Crippen LogP contribution in [-0.4, -0.2) is 54.0 Å². The first kappa shape index (κ1) is 23.4. The Morgan fingerprint density at radius 3 is 2.12 bits per heavy atom. The highest BCUT2D eigenvalue weighted by Crippen LogP contribution is 2.40. The Bertz CT molecular complexity index is 818. The van der Waals surface area contributed by atoms with Gasteiger partial charge in [0.1, 0.15) is 0 Å². The highest BCUT2D eigenvalue weighted by Gasteiger charge is 2.46. The summed E-state index contributed by atoms with van der Waals surface area (Å²) >= 11 is 0. The number of nitrogens with zero attached hydrogens (tertiary/aromatic N) is 2. The van der Waals surface area contributed by atoms with Gasteiger partial charge in [0.15, 0.2) is 0 Å². The Kier molecular flexibility index (Phi) is 6.21. The van der Waals surface area contributed by atoms with Crippen LogP contribution in [-0.2, 0) is 21.9 Å². The van der Waals surface area contributed by atoms with Crippen molar-refractivity contribution >= 4 is 5.91 Å². The first-order valence-corrected chi connectivity index (χ1v) is 10.9. The molecule has 3 aliphatic heterocycles. The highest BCUT2D eigenvalue weighted by molar-refractivity contribution is 5.82. The molecule has 3 saturated heterocycles. The quantitative estimate of drug-likeness (QED) is 0.582. The molecule has 1 amide bonds. The first-order chi connectivity index (χ1) is 14.9. The molecule has 32 heavy (non-hydrogen) atoms. The highest BCUT2D eigenvalue weighted by atomic mass is 19.4.